The first kappa shape index (κ1) is 16.3. The normalized spacial score (nSPS) is 18.2. The van der Waals surface area contributed by atoms with Crippen LogP contribution in [0.1, 0.15) is 30.1 Å². The maximum absolute atomic E-state index is 4.40. The quantitative estimate of drug-likeness (QED) is 0.776. The van der Waals surface area contributed by atoms with E-state index < -0.39 is 0 Å². The second-order valence-corrected chi connectivity index (χ2v) is 6.16. The molecule has 0 spiro atoms. The third-order valence-corrected chi connectivity index (χ3v) is 4.83. The lowest BCUT2D eigenvalue weighted by Gasteiger charge is -2.21. The highest BCUT2D eigenvalue weighted by Crippen LogP contribution is 2.26. The first-order chi connectivity index (χ1) is 9.84. The van der Waals surface area contributed by atoms with Gasteiger partial charge in [0.15, 0.2) is 5.16 Å². The van der Waals surface area contributed by atoms with E-state index in [-0.39, 0.29) is 12.4 Å². The van der Waals surface area contributed by atoms with Gasteiger partial charge in [0.25, 0.3) is 0 Å². The zero-order chi connectivity index (χ0) is 13.8. The molecule has 21 heavy (non-hydrogen) atoms. The summed E-state index contributed by atoms with van der Waals surface area (Å²) >= 11 is 1.75. The smallest absolute Gasteiger partial charge is 0.191 e. The highest BCUT2D eigenvalue weighted by atomic mass is 35.5. The lowest BCUT2D eigenvalue weighted by molar-refractivity contribution is -0.00000425. The first-order valence-corrected chi connectivity index (χ1v) is 8.10. The second-order valence-electron chi connectivity index (χ2n) is 5.22. The van der Waals surface area contributed by atoms with Crippen LogP contribution >= 0.6 is 11.8 Å². The van der Waals surface area contributed by atoms with Crippen LogP contribution in [-0.4, -0.2) is 27.9 Å². The monoisotopic (exact) mass is 323 g/mol. The summed E-state index contributed by atoms with van der Waals surface area (Å²) in [5, 5.41) is 13.2. The molecule has 1 saturated heterocycles. The number of piperidine rings is 1. The molecule has 1 N–H and O–H groups in total. The summed E-state index contributed by atoms with van der Waals surface area (Å²) in [6, 6.07) is 10.5. The van der Waals surface area contributed by atoms with Crippen molar-refractivity contribution in [2.24, 2.45) is 7.05 Å². The zero-order valence-corrected chi connectivity index (χ0v) is 13.7. The molecule has 1 aromatic heterocycles. The number of aromatic nitrogens is 3. The van der Waals surface area contributed by atoms with Crippen LogP contribution in [0.2, 0.25) is 0 Å². The average Bonchev–Trinajstić information content (AvgIpc) is 2.88. The van der Waals surface area contributed by atoms with Gasteiger partial charge in [0.2, 0.25) is 0 Å². The Morgan fingerprint density at radius 1 is 1.29 bits per heavy atom. The van der Waals surface area contributed by atoms with Crippen LogP contribution in [0.25, 0.3) is 0 Å². The maximum Gasteiger partial charge on any atom is 0.191 e. The van der Waals surface area contributed by atoms with Crippen molar-refractivity contribution < 1.29 is 12.4 Å². The van der Waals surface area contributed by atoms with Gasteiger partial charge in [0.05, 0.1) is 0 Å². The highest BCUT2D eigenvalue weighted by Gasteiger charge is 2.21. The molecule has 1 aliphatic rings. The van der Waals surface area contributed by atoms with Crippen molar-refractivity contribution in [3.63, 3.8) is 0 Å². The fourth-order valence-corrected chi connectivity index (χ4v) is 3.48. The van der Waals surface area contributed by atoms with E-state index in [9.17, 15) is 0 Å². The number of halogens is 1. The highest BCUT2D eigenvalue weighted by molar-refractivity contribution is 7.98. The van der Waals surface area contributed by atoms with E-state index >= 15 is 0 Å². The van der Waals surface area contributed by atoms with Crippen LogP contribution in [0.3, 0.4) is 0 Å². The van der Waals surface area contributed by atoms with E-state index in [4.69, 9.17) is 0 Å². The van der Waals surface area contributed by atoms with Crippen LogP contribution in [0, 0.1) is 0 Å². The van der Waals surface area contributed by atoms with Crippen molar-refractivity contribution in [2.45, 2.75) is 29.7 Å². The SMILES string of the molecule is Cn1c(SCc2ccccc2)nnc1C1CCCNC1.[Cl-]. The molecule has 6 heteroatoms. The summed E-state index contributed by atoms with van der Waals surface area (Å²) < 4.78 is 2.16. The van der Waals surface area contributed by atoms with Crippen LogP contribution < -0.4 is 17.7 Å². The standard InChI is InChI=1S/C15H20N4S.ClH/c1-19-14(13-8-5-9-16-10-13)17-18-15(19)20-11-12-6-3-2-4-7-12;/h2-4,6-7,13,16H,5,8-11H2,1H3;1H/p-1. The number of thioether (sulfide) groups is 1. The molecule has 1 aromatic carbocycles. The summed E-state index contributed by atoms with van der Waals surface area (Å²) in [4.78, 5) is 0. The summed E-state index contributed by atoms with van der Waals surface area (Å²) in [7, 11) is 2.08. The Morgan fingerprint density at radius 2 is 2.10 bits per heavy atom. The van der Waals surface area contributed by atoms with Gasteiger partial charge in [-0.15, -0.1) is 10.2 Å². The maximum atomic E-state index is 4.40. The number of hydrogen-bond donors (Lipinski definition) is 1. The molecule has 0 radical (unpaired) electrons. The van der Waals surface area contributed by atoms with Gasteiger partial charge in [-0.05, 0) is 24.9 Å². The molecule has 0 amide bonds. The van der Waals surface area contributed by atoms with Crippen molar-refractivity contribution in [3.8, 4) is 0 Å². The molecule has 1 aliphatic heterocycles. The molecule has 0 bridgehead atoms. The van der Waals surface area contributed by atoms with Gasteiger partial charge in [-0.25, -0.2) is 0 Å². The van der Waals surface area contributed by atoms with Gasteiger partial charge < -0.3 is 22.3 Å². The van der Waals surface area contributed by atoms with E-state index in [0.717, 1.165) is 29.8 Å². The van der Waals surface area contributed by atoms with E-state index in [0.29, 0.717) is 5.92 Å². The molecule has 114 valence electrons. The molecular weight excluding hydrogens is 304 g/mol. The fourth-order valence-electron chi connectivity index (χ4n) is 2.60. The van der Waals surface area contributed by atoms with Crippen molar-refractivity contribution in [3.05, 3.63) is 41.7 Å². The first-order valence-electron chi connectivity index (χ1n) is 7.11. The number of rotatable bonds is 4. The van der Waals surface area contributed by atoms with E-state index in [1.165, 1.54) is 18.4 Å². The lowest BCUT2D eigenvalue weighted by Crippen LogP contribution is -3.00. The minimum absolute atomic E-state index is 0. The topological polar surface area (TPSA) is 42.7 Å². The van der Waals surface area contributed by atoms with Crippen molar-refractivity contribution in [2.75, 3.05) is 13.1 Å². The van der Waals surface area contributed by atoms with E-state index in [2.05, 4.69) is 51.4 Å². The van der Waals surface area contributed by atoms with E-state index in [1.54, 1.807) is 11.8 Å². The molecule has 2 aromatic rings. The molecule has 1 unspecified atom stereocenters. The third-order valence-electron chi connectivity index (χ3n) is 3.74. The summed E-state index contributed by atoms with van der Waals surface area (Å²) in [5.74, 6) is 2.57. The van der Waals surface area contributed by atoms with Gasteiger partial charge >= 0.3 is 0 Å². The molecule has 2 heterocycles. The molecular formula is C15H20ClN4S-. The number of nitrogens with one attached hydrogen (secondary N) is 1. The summed E-state index contributed by atoms with van der Waals surface area (Å²) in [6.07, 6.45) is 2.44. The Kier molecular flexibility index (Phi) is 6.08. The van der Waals surface area contributed by atoms with Gasteiger partial charge in [0.1, 0.15) is 5.82 Å². The van der Waals surface area contributed by atoms with Gasteiger partial charge in [-0.3, -0.25) is 0 Å². The van der Waals surface area contributed by atoms with Crippen LogP contribution in [0.4, 0.5) is 0 Å². The van der Waals surface area contributed by atoms with Crippen molar-refractivity contribution >= 4 is 11.8 Å². The molecule has 3 rings (SSSR count). The predicted molar refractivity (Wildman–Crippen MR) is 81.9 cm³/mol. The van der Waals surface area contributed by atoms with Crippen LogP contribution in [0.15, 0.2) is 35.5 Å². The van der Waals surface area contributed by atoms with Crippen LogP contribution in [0.5, 0.6) is 0 Å². The summed E-state index contributed by atoms with van der Waals surface area (Å²) in [6.45, 7) is 2.15. The molecule has 0 aliphatic carbocycles. The Hall–Kier alpha value is -1.04. The number of benzene rings is 1. The lowest BCUT2D eigenvalue weighted by atomic mass is 9.99. The number of nitrogens with zero attached hydrogens (tertiary/aromatic N) is 3. The average molecular weight is 324 g/mol. The third kappa shape index (κ3) is 3.99. The van der Waals surface area contributed by atoms with Gasteiger partial charge in [-0.2, -0.15) is 0 Å². The van der Waals surface area contributed by atoms with Crippen molar-refractivity contribution in [1.29, 1.82) is 0 Å². The van der Waals surface area contributed by atoms with Crippen LogP contribution in [-0.2, 0) is 12.8 Å². The fraction of sp³-hybridized carbons (Fsp3) is 0.467. The minimum Gasteiger partial charge on any atom is -1.00 e. The zero-order valence-electron chi connectivity index (χ0n) is 12.1. The Bertz CT molecular complexity index is 552. The number of hydrogen-bond acceptors (Lipinski definition) is 4. The Balaban J connectivity index is 0.00000161. The molecule has 4 nitrogen and oxygen atoms in total. The minimum atomic E-state index is 0. The predicted octanol–water partition coefficient (Wildman–Crippen LogP) is -0.422. The van der Waals surface area contributed by atoms with E-state index in [1.807, 2.05) is 6.07 Å². The largest absolute Gasteiger partial charge is 1.00 e. The summed E-state index contributed by atoms with van der Waals surface area (Å²) in [5.41, 5.74) is 1.32. The van der Waals surface area contributed by atoms with Gasteiger partial charge in [-0.1, -0.05) is 42.1 Å². The Labute approximate surface area is 136 Å². The molecule has 1 atom stereocenters. The molecule has 0 saturated carbocycles. The molecule has 1 fully saturated rings. The van der Waals surface area contributed by atoms with Gasteiger partial charge in [0, 0.05) is 25.3 Å². The Morgan fingerprint density at radius 3 is 2.81 bits per heavy atom. The second kappa shape index (κ2) is 7.82. The van der Waals surface area contributed by atoms with Crippen molar-refractivity contribution in [1.82, 2.24) is 20.1 Å².